The molecule has 1 aromatic carbocycles. The fraction of sp³-hybridized carbons (Fsp3) is 0.333. The number of hydrogen-bond donors (Lipinski definition) is 1. The van der Waals surface area contributed by atoms with Gasteiger partial charge in [-0.05, 0) is 28.9 Å². The predicted octanol–water partition coefficient (Wildman–Crippen LogP) is 2.04. The minimum absolute atomic E-state index is 0.216. The molecule has 0 atom stereocenters. The van der Waals surface area contributed by atoms with Crippen LogP contribution in [0.1, 0.15) is 11.5 Å². The second kappa shape index (κ2) is 4.82. The average Bonchev–Trinajstić information content (AvgIpc) is 2.91. The lowest BCUT2D eigenvalue weighted by molar-refractivity contribution is 0.170. The predicted molar refractivity (Wildman–Crippen MR) is 71.1 cm³/mol. The van der Waals surface area contributed by atoms with Gasteiger partial charge in [-0.1, -0.05) is 5.16 Å². The summed E-state index contributed by atoms with van der Waals surface area (Å²) in [5, 5.41) is 3.92. The van der Waals surface area contributed by atoms with Crippen LogP contribution in [-0.4, -0.2) is 23.4 Å². The molecule has 0 bridgehead atoms. The zero-order valence-corrected chi connectivity index (χ0v) is 11.9. The smallest absolute Gasteiger partial charge is 0.240 e. The number of ether oxygens (including phenoxy) is 2. The van der Waals surface area contributed by atoms with Crippen molar-refractivity contribution in [3.8, 4) is 22.9 Å². The van der Waals surface area contributed by atoms with Gasteiger partial charge in [-0.2, -0.15) is 4.98 Å². The van der Waals surface area contributed by atoms with Crippen LogP contribution in [0, 0.1) is 6.92 Å². The van der Waals surface area contributed by atoms with Crippen LogP contribution in [0.15, 0.2) is 15.1 Å². The first-order valence-electron chi connectivity index (χ1n) is 5.82. The number of nitrogens with two attached hydrogens (primary N) is 1. The highest BCUT2D eigenvalue weighted by Crippen LogP contribution is 2.43. The molecule has 2 heterocycles. The Morgan fingerprint density at radius 2 is 2.16 bits per heavy atom. The Morgan fingerprint density at radius 3 is 2.89 bits per heavy atom. The molecule has 7 heteroatoms. The lowest BCUT2D eigenvalue weighted by atomic mass is 10.1. The average molecular weight is 326 g/mol. The van der Waals surface area contributed by atoms with Crippen LogP contribution < -0.4 is 15.2 Å². The van der Waals surface area contributed by atoms with Crippen LogP contribution in [0.2, 0.25) is 0 Å². The second-order valence-corrected chi connectivity index (χ2v) is 4.90. The molecular weight excluding hydrogens is 314 g/mol. The molecule has 1 aliphatic rings. The SMILES string of the molecule is Cc1c(Br)c(-c2noc(CN)n2)cc2c1OCCO2. The summed E-state index contributed by atoms with van der Waals surface area (Å²) in [5.74, 6) is 2.33. The van der Waals surface area contributed by atoms with Gasteiger partial charge in [-0.25, -0.2) is 0 Å². The first-order valence-corrected chi connectivity index (χ1v) is 6.61. The number of rotatable bonds is 2. The number of aromatic nitrogens is 2. The lowest BCUT2D eigenvalue weighted by Gasteiger charge is -2.21. The van der Waals surface area contributed by atoms with Gasteiger partial charge in [0.05, 0.1) is 6.54 Å². The third-order valence-electron chi connectivity index (χ3n) is 2.88. The summed E-state index contributed by atoms with van der Waals surface area (Å²) in [6.07, 6.45) is 0. The minimum Gasteiger partial charge on any atom is -0.486 e. The van der Waals surface area contributed by atoms with E-state index >= 15 is 0 Å². The Labute approximate surface area is 118 Å². The first kappa shape index (κ1) is 12.4. The normalized spacial score (nSPS) is 13.6. The molecule has 19 heavy (non-hydrogen) atoms. The van der Waals surface area contributed by atoms with Gasteiger partial charge < -0.3 is 19.7 Å². The van der Waals surface area contributed by atoms with E-state index in [1.54, 1.807) is 0 Å². The Balaban J connectivity index is 2.13. The highest BCUT2D eigenvalue weighted by molar-refractivity contribution is 9.10. The zero-order chi connectivity index (χ0) is 13.4. The van der Waals surface area contributed by atoms with Gasteiger partial charge in [0, 0.05) is 15.6 Å². The van der Waals surface area contributed by atoms with Gasteiger partial charge in [-0.15, -0.1) is 0 Å². The van der Waals surface area contributed by atoms with Gasteiger partial charge in [0.2, 0.25) is 11.7 Å². The van der Waals surface area contributed by atoms with Crippen LogP contribution in [-0.2, 0) is 6.54 Å². The monoisotopic (exact) mass is 325 g/mol. The second-order valence-electron chi connectivity index (χ2n) is 4.10. The van der Waals surface area contributed by atoms with Crippen molar-refractivity contribution in [2.24, 2.45) is 5.73 Å². The number of halogens is 1. The van der Waals surface area contributed by atoms with Crippen molar-refractivity contribution in [3.63, 3.8) is 0 Å². The zero-order valence-electron chi connectivity index (χ0n) is 10.3. The molecule has 1 aromatic heterocycles. The Bertz CT molecular complexity index is 627. The molecule has 2 N–H and O–H groups in total. The first-order chi connectivity index (χ1) is 9.20. The van der Waals surface area contributed by atoms with E-state index < -0.39 is 0 Å². The molecule has 2 aromatic rings. The van der Waals surface area contributed by atoms with Gasteiger partial charge >= 0.3 is 0 Å². The summed E-state index contributed by atoms with van der Waals surface area (Å²) >= 11 is 3.54. The number of fused-ring (bicyclic) bond motifs is 1. The maximum Gasteiger partial charge on any atom is 0.240 e. The van der Waals surface area contributed by atoms with E-state index in [1.165, 1.54) is 0 Å². The van der Waals surface area contributed by atoms with Gasteiger partial charge in [0.25, 0.3) is 0 Å². The summed E-state index contributed by atoms with van der Waals surface area (Å²) in [6, 6.07) is 1.84. The summed E-state index contributed by atoms with van der Waals surface area (Å²) < 4.78 is 17.1. The third-order valence-corrected chi connectivity index (χ3v) is 3.90. The summed E-state index contributed by atoms with van der Waals surface area (Å²) in [6.45, 7) is 3.26. The lowest BCUT2D eigenvalue weighted by Crippen LogP contribution is -2.16. The van der Waals surface area contributed by atoms with Crippen molar-refractivity contribution < 1.29 is 14.0 Å². The summed E-state index contributed by atoms with van der Waals surface area (Å²) in [7, 11) is 0. The fourth-order valence-corrected chi connectivity index (χ4v) is 2.41. The molecule has 0 aliphatic carbocycles. The Hall–Kier alpha value is -1.60. The number of hydrogen-bond acceptors (Lipinski definition) is 6. The highest BCUT2D eigenvalue weighted by Gasteiger charge is 2.22. The quantitative estimate of drug-likeness (QED) is 0.909. The molecule has 1 aliphatic heterocycles. The fourth-order valence-electron chi connectivity index (χ4n) is 1.94. The Morgan fingerprint density at radius 1 is 1.37 bits per heavy atom. The van der Waals surface area contributed by atoms with Crippen LogP contribution >= 0.6 is 15.9 Å². The van der Waals surface area contributed by atoms with Crippen LogP contribution in [0.5, 0.6) is 11.5 Å². The molecule has 0 spiro atoms. The van der Waals surface area contributed by atoms with Gasteiger partial charge in [0.15, 0.2) is 11.5 Å². The number of benzene rings is 1. The summed E-state index contributed by atoms with van der Waals surface area (Å²) in [5.41, 5.74) is 7.21. The van der Waals surface area contributed by atoms with Crippen molar-refractivity contribution in [2.45, 2.75) is 13.5 Å². The topological polar surface area (TPSA) is 83.4 Å². The van der Waals surface area contributed by atoms with Gasteiger partial charge in [0.1, 0.15) is 13.2 Å². The minimum atomic E-state index is 0.216. The van der Waals surface area contributed by atoms with E-state index in [4.69, 9.17) is 19.7 Å². The number of nitrogens with zero attached hydrogens (tertiary/aromatic N) is 2. The highest BCUT2D eigenvalue weighted by atomic mass is 79.9. The molecule has 0 radical (unpaired) electrons. The third kappa shape index (κ3) is 2.08. The molecule has 100 valence electrons. The molecule has 0 fully saturated rings. The molecular formula is C12H12BrN3O3. The van der Waals surface area contributed by atoms with Crippen molar-refractivity contribution in [3.05, 3.63) is 22.0 Å². The Kier molecular flexibility index (Phi) is 3.16. The van der Waals surface area contributed by atoms with E-state index in [9.17, 15) is 0 Å². The van der Waals surface area contributed by atoms with E-state index in [2.05, 4.69) is 26.1 Å². The largest absolute Gasteiger partial charge is 0.486 e. The van der Waals surface area contributed by atoms with Crippen molar-refractivity contribution in [1.82, 2.24) is 10.1 Å². The van der Waals surface area contributed by atoms with Crippen LogP contribution in [0.3, 0.4) is 0 Å². The summed E-state index contributed by atoms with van der Waals surface area (Å²) in [4.78, 5) is 4.22. The molecule has 0 amide bonds. The van der Waals surface area contributed by atoms with Gasteiger partial charge in [-0.3, -0.25) is 0 Å². The van der Waals surface area contributed by atoms with Crippen LogP contribution in [0.4, 0.5) is 0 Å². The molecule has 0 saturated heterocycles. The molecule has 0 saturated carbocycles. The maximum absolute atomic E-state index is 5.61. The molecule has 0 unspecified atom stereocenters. The molecule has 6 nitrogen and oxygen atoms in total. The van der Waals surface area contributed by atoms with E-state index in [-0.39, 0.29) is 6.54 Å². The van der Waals surface area contributed by atoms with E-state index in [0.29, 0.717) is 30.7 Å². The van der Waals surface area contributed by atoms with Crippen molar-refractivity contribution >= 4 is 15.9 Å². The van der Waals surface area contributed by atoms with Crippen LogP contribution in [0.25, 0.3) is 11.4 Å². The maximum atomic E-state index is 5.61. The van der Waals surface area contributed by atoms with E-state index in [0.717, 1.165) is 21.3 Å². The molecule has 3 rings (SSSR count). The van der Waals surface area contributed by atoms with Crippen molar-refractivity contribution in [2.75, 3.05) is 13.2 Å². The standard InChI is InChI=1S/C12H12BrN3O3/c1-6-10(13)7(12-15-9(5-14)19-16-12)4-8-11(6)18-3-2-17-8/h4H,2-3,5,14H2,1H3. The van der Waals surface area contributed by atoms with Crippen molar-refractivity contribution in [1.29, 1.82) is 0 Å². The van der Waals surface area contributed by atoms with E-state index in [1.807, 2.05) is 13.0 Å².